The largest absolute Gasteiger partial charge is 0.365 e. The number of nitrogens with one attached hydrogen (secondary N) is 2. The fraction of sp³-hybridized carbons (Fsp3) is 1.00. The molecule has 0 amide bonds. The molecular formula is C14H31IN2O. The zero-order valence-corrected chi connectivity index (χ0v) is 15.3. The highest BCUT2D eigenvalue weighted by atomic mass is 127. The molecule has 0 bridgehead atoms. The van der Waals surface area contributed by atoms with E-state index in [4.69, 9.17) is 0 Å². The number of halogens is 1. The van der Waals surface area contributed by atoms with Gasteiger partial charge >= 0.3 is 0 Å². The van der Waals surface area contributed by atoms with Gasteiger partial charge in [-0.3, -0.25) is 10.6 Å². The molecule has 0 saturated heterocycles. The molecule has 0 aromatic carbocycles. The molecule has 0 aromatic rings. The van der Waals surface area contributed by atoms with Crippen LogP contribution in [0.5, 0.6) is 0 Å². The molecule has 0 rings (SSSR count). The maximum absolute atomic E-state index is 10.0. The van der Waals surface area contributed by atoms with Crippen molar-refractivity contribution in [2.45, 2.75) is 77.2 Å². The van der Waals surface area contributed by atoms with E-state index in [1.54, 1.807) is 0 Å². The Hall–Kier alpha value is 0.610. The summed E-state index contributed by atoms with van der Waals surface area (Å²) in [7, 11) is 0. The highest BCUT2D eigenvalue weighted by Crippen LogP contribution is 2.35. The molecule has 0 heterocycles. The predicted molar refractivity (Wildman–Crippen MR) is 87.7 cm³/mol. The fourth-order valence-corrected chi connectivity index (χ4v) is 2.42. The molecule has 1 atom stereocenters. The van der Waals surface area contributed by atoms with Gasteiger partial charge in [-0.05, 0) is 45.4 Å². The standard InChI is InChI=1S/C14H31IN2O/c1-10(2)12(3,4)9-13(5,6)16-11(18)17-14(7,8)15/h10-11,16-18H,9H2,1-8H3. The molecule has 4 heteroatoms. The second kappa shape index (κ2) is 6.37. The molecule has 110 valence electrons. The minimum absolute atomic E-state index is 0.109. The third-order valence-electron chi connectivity index (χ3n) is 3.47. The van der Waals surface area contributed by atoms with E-state index in [0.717, 1.165) is 6.42 Å². The molecule has 0 fully saturated rings. The van der Waals surface area contributed by atoms with Crippen LogP contribution in [0.1, 0.15) is 61.8 Å². The van der Waals surface area contributed by atoms with Crippen molar-refractivity contribution in [3.63, 3.8) is 0 Å². The molecule has 1 unspecified atom stereocenters. The van der Waals surface area contributed by atoms with Crippen molar-refractivity contribution in [2.75, 3.05) is 0 Å². The van der Waals surface area contributed by atoms with Crippen molar-refractivity contribution in [3.8, 4) is 0 Å². The molecule has 3 nitrogen and oxygen atoms in total. The van der Waals surface area contributed by atoms with Gasteiger partial charge in [0.05, 0.1) is 3.55 Å². The SMILES string of the molecule is CC(C)C(C)(C)CC(C)(C)NC(O)NC(C)(C)I. The lowest BCUT2D eigenvalue weighted by Crippen LogP contribution is -2.57. The molecule has 0 aliphatic carbocycles. The van der Waals surface area contributed by atoms with Crippen LogP contribution in [-0.2, 0) is 0 Å². The Morgan fingerprint density at radius 1 is 1.00 bits per heavy atom. The first-order valence-electron chi connectivity index (χ1n) is 6.68. The van der Waals surface area contributed by atoms with Crippen molar-refractivity contribution in [1.29, 1.82) is 0 Å². The van der Waals surface area contributed by atoms with Crippen molar-refractivity contribution in [2.24, 2.45) is 11.3 Å². The molecule has 0 radical (unpaired) electrons. The van der Waals surface area contributed by atoms with Gasteiger partial charge in [0, 0.05) is 5.54 Å². The Balaban J connectivity index is 4.48. The van der Waals surface area contributed by atoms with Gasteiger partial charge < -0.3 is 5.11 Å². The van der Waals surface area contributed by atoms with Crippen molar-refractivity contribution in [3.05, 3.63) is 0 Å². The second-order valence-corrected chi connectivity index (χ2v) is 10.1. The van der Waals surface area contributed by atoms with Crippen LogP contribution in [0.25, 0.3) is 0 Å². The molecule has 0 saturated carbocycles. The van der Waals surface area contributed by atoms with E-state index in [0.29, 0.717) is 5.92 Å². The van der Waals surface area contributed by atoms with Crippen molar-refractivity contribution < 1.29 is 5.11 Å². The smallest absolute Gasteiger partial charge is 0.161 e. The number of hydrogen-bond acceptors (Lipinski definition) is 3. The number of aliphatic hydroxyl groups is 1. The van der Waals surface area contributed by atoms with E-state index >= 15 is 0 Å². The quantitative estimate of drug-likeness (QED) is 0.278. The summed E-state index contributed by atoms with van der Waals surface area (Å²) >= 11 is 2.27. The van der Waals surface area contributed by atoms with Crippen LogP contribution in [0.4, 0.5) is 0 Å². The van der Waals surface area contributed by atoms with E-state index in [9.17, 15) is 5.11 Å². The highest BCUT2D eigenvalue weighted by Gasteiger charge is 2.32. The Bertz CT molecular complexity index is 257. The molecule has 0 aliphatic rings. The van der Waals surface area contributed by atoms with Crippen LogP contribution in [0.15, 0.2) is 0 Å². The average Bonchev–Trinajstić information content (AvgIpc) is 1.94. The molecule has 18 heavy (non-hydrogen) atoms. The van der Waals surface area contributed by atoms with Gasteiger partial charge in [-0.25, -0.2) is 0 Å². The Kier molecular flexibility index (Phi) is 6.59. The summed E-state index contributed by atoms with van der Waals surface area (Å²) in [4.78, 5) is 0. The first-order chi connectivity index (χ1) is 7.75. The summed E-state index contributed by atoms with van der Waals surface area (Å²) < 4.78 is -0.131. The van der Waals surface area contributed by atoms with Crippen LogP contribution < -0.4 is 10.6 Å². The molecule has 0 spiro atoms. The van der Waals surface area contributed by atoms with Crippen molar-refractivity contribution in [1.82, 2.24) is 10.6 Å². The zero-order valence-electron chi connectivity index (χ0n) is 13.2. The van der Waals surface area contributed by atoms with Crippen LogP contribution in [0.2, 0.25) is 0 Å². The lowest BCUT2D eigenvalue weighted by atomic mass is 9.72. The highest BCUT2D eigenvalue weighted by molar-refractivity contribution is 14.1. The Labute approximate surface area is 127 Å². The normalized spacial score (nSPS) is 16.2. The number of hydrogen-bond donors (Lipinski definition) is 3. The van der Waals surface area contributed by atoms with Gasteiger partial charge in [0.15, 0.2) is 6.35 Å². The van der Waals surface area contributed by atoms with Gasteiger partial charge in [-0.1, -0.05) is 50.3 Å². The third kappa shape index (κ3) is 7.92. The van der Waals surface area contributed by atoms with E-state index in [1.165, 1.54) is 0 Å². The molecule has 0 aromatic heterocycles. The first-order valence-corrected chi connectivity index (χ1v) is 7.75. The van der Waals surface area contributed by atoms with E-state index in [1.807, 2.05) is 13.8 Å². The molecule has 3 N–H and O–H groups in total. The maximum atomic E-state index is 10.0. The van der Waals surface area contributed by atoms with Crippen LogP contribution in [0, 0.1) is 11.3 Å². The topological polar surface area (TPSA) is 44.3 Å². The van der Waals surface area contributed by atoms with Gasteiger partial charge in [0.1, 0.15) is 0 Å². The van der Waals surface area contributed by atoms with Gasteiger partial charge in [-0.15, -0.1) is 0 Å². The molecule has 0 aliphatic heterocycles. The second-order valence-electron chi connectivity index (χ2n) is 7.37. The maximum Gasteiger partial charge on any atom is 0.161 e. The Morgan fingerprint density at radius 2 is 1.44 bits per heavy atom. The van der Waals surface area contributed by atoms with Gasteiger partial charge in [-0.2, -0.15) is 0 Å². The zero-order chi connectivity index (χ0) is 14.8. The van der Waals surface area contributed by atoms with Crippen molar-refractivity contribution >= 4 is 22.6 Å². The number of alkyl halides is 1. The third-order valence-corrected chi connectivity index (χ3v) is 3.78. The summed E-state index contributed by atoms with van der Waals surface area (Å²) in [6.07, 6.45) is 0.327. The molecular weight excluding hydrogens is 339 g/mol. The predicted octanol–water partition coefficient (Wildman–Crippen LogP) is 3.46. The lowest BCUT2D eigenvalue weighted by Gasteiger charge is -2.40. The number of rotatable bonds is 7. The van der Waals surface area contributed by atoms with E-state index in [2.05, 4.69) is 74.8 Å². The number of aliphatic hydroxyl groups excluding tert-OH is 1. The monoisotopic (exact) mass is 370 g/mol. The minimum Gasteiger partial charge on any atom is -0.365 e. The summed E-state index contributed by atoms with van der Waals surface area (Å²) in [5, 5.41) is 16.4. The van der Waals surface area contributed by atoms with Crippen LogP contribution in [-0.4, -0.2) is 20.5 Å². The summed E-state index contributed by atoms with van der Waals surface area (Å²) in [5.41, 5.74) is 0.137. The summed E-state index contributed by atoms with van der Waals surface area (Å²) in [6.45, 7) is 17.4. The van der Waals surface area contributed by atoms with Crippen LogP contribution >= 0.6 is 22.6 Å². The first kappa shape index (κ1) is 18.6. The van der Waals surface area contributed by atoms with Crippen LogP contribution in [0.3, 0.4) is 0 Å². The summed E-state index contributed by atoms with van der Waals surface area (Å²) in [6, 6.07) is 0. The summed E-state index contributed by atoms with van der Waals surface area (Å²) in [5.74, 6) is 0.615. The Morgan fingerprint density at radius 3 is 1.78 bits per heavy atom. The van der Waals surface area contributed by atoms with E-state index < -0.39 is 6.35 Å². The van der Waals surface area contributed by atoms with Gasteiger partial charge in [0.25, 0.3) is 0 Å². The average molecular weight is 370 g/mol. The lowest BCUT2D eigenvalue weighted by molar-refractivity contribution is 0.0416. The fourth-order valence-electron chi connectivity index (χ4n) is 2.13. The minimum atomic E-state index is -0.685. The van der Waals surface area contributed by atoms with Gasteiger partial charge in [0.2, 0.25) is 0 Å². The van der Waals surface area contributed by atoms with E-state index in [-0.39, 0.29) is 14.5 Å².